The first-order valence-corrected chi connectivity index (χ1v) is 11.2. The van der Waals surface area contributed by atoms with Gasteiger partial charge in [-0.15, -0.1) is 0 Å². The van der Waals surface area contributed by atoms with E-state index in [4.69, 9.17) is 11.6 Å². The van der Waals surface area contributed by atoms with Gasteiger partial charge in [-0.3, -0.25) is 0 Å². The van der Waals surface area contributed by atoms with Gasteiger partial charge in [0.25, 0.3) is 10.0 Å². The molecule has 0 amide bonds. The molecule has 0 bridgehead atoms. The van der Waals surface area contributed by atoms with E-state index in [0.29, 0.717) is 22.8 Å². The maximum absolute atomic E-state index is 13.1. The van der Waals surface area contributed by atoms with Gasteiger partial charge in [0.15, 0.2) is 5.03 Å². The number of benzene rings is 2. The van der Waals surface area contributed by atoms with E-state index in [1.807, 2.05) is 30.3 Å². The van der Waals surface area contributed by atoms with Gasteiger partial charge in [0.2, 0.25) is 0 Å². The van der Waals surface area contributed by atoms with Gasteiger partial charge in [0.05, 0.1) is 28.7 Å². The maximum Gasteiger partial charge on any atom is 0.262 e. The number of nitrogens with one attached hydrogen (secondary N) is 1. The summed E-state index contributed by atoms with van der Waals surface area (Å²) in [5.74, 6) is -0.0912. The predicted octanol–water partition coefficient (Wildman–Crippen LogP) is 3.21. The predicted molar refractivity (Wildman–Crippen MR) is 115 cm³/mol. The van der Waals surface area contributed by atoms with Gasteiger partial charge in [-0.1, -0.05) is 41.9 Å². The number of hydrogen-bond acceptors (Lipinski definition) is 5. The minimum Gasteiger partial charge on any atom is -0.379 e. The molecule has 2 atom stereocenters. The van der Waals surface area contributed by atoms with E-state index < -0.39 is 10.0 Å². The van der Waals surface area contributed by atoms with Crippen LogP contribution in [0.25, 0.3) is 0 Å². The van der Waals surface area contributed by atoms with Crippen LogP contribution in [0.4, 0.5) is 5.69 Å². The Kier molecular flexibility index (Phi) is 5.52. The molecule has 1 saturated heterocycles. The number of aromatic nitrogens is 2. The molecule has 1 aliphatic rings. The average molecular weight is 442 g/mol. The molecule has 0 saturated carbocycles. The van der Waals surface area contributed by atoms with E-state index in [1.54, 1.807) is 29.8 Å². The average Bonchev–Trinajstić information content (AvgIpc) is 3.37. The zero-order valence-electron chi connectivity index (χ0n) is 16.2. The molecule has 0 radical (unpaired) electrons. The number of anilines is 1. The zero-order valence-corrected chi connectivity index (χ0v) is 17.8. The summed E-state index contributed by atoms with van der Waals surface area (Å²) in [4.78, 5) is 4.03. The monoisotopic (exact) mass is 441 g/mol. The number of hydrogen-bond donors (Lipinski definition) is 1. The second kappa shape index (κ2) is 8.11. The summed E-state index contributed by atoms with van der Waals surface area (Å²) < 4.78 is 29.3. The third-order valence-electron chi connectivity index (χ3n) is 5.24. The maximum atomic E-state index is 13.1. The van der Waals surface area contributed by atoms with Gasteiger partial charge in [-0.05, 0) is 23.8 Å². The Hall–Kier alpha value is -2.86. The van der Waals surface area contributed by atoms with Gasteiger partial charge in [0, 0.05) is 38.3 Å². The molecular weight excluding hydrogens is 422 g/mol. The summed E-state index contributed by atoms with van der Waals surface area (Å²) in [5, 5.41) is 13.1. The van der Waals surface area contributed by atoms with Crippen LogP contribution in [0.2, 0.25) is 5.02 Å². The van der Waals surface area contributed by atoms with Crippen molar-refractivity contribution in [3.05, 3.63) is 77.2 Å². The Morgan fingerprint density at radius 3 is 2.63 bits per heavy atom. The summed E-state index contributed by atoms with van der Waals surface area (Å²) >= 11 is 6.33. The largest absolute Gasteiger partial charge is 0.379 e. The molecule has 3 aromatic rings. The Labute approximate surface area is 180 Å². The summed E-state index contributed by atoms with van der Waals surface area (Å²) in [6, 6.07) is 16.6. The lowest BCUT2D eigenvalue weighted by Crippen LogP contribution is -2.32. The van der Waals surface area contributed by atoms with Gasteiger partial charge in [0.1, 0.15) is 0 Å². The van der Waals surface area contributed by atoms with Gasteiger partial charge in [-0.2, -0.15) is 9.57 Å². The molecule has 2 unspecified atom stereocenters. The Morgan fingerprint density at radius 2 is 1.97 bits per heavy atom. The number of sulfonamides is 1. The van der Waals surface area contributed by atoms with E-state index >= 15 is 0 Å². The van der Waals surface area contributed by atoms with Crippen molar-refractivity contribution in [2.24, 2.45) is 7.05 Å². The highest BCUT2D eigenvalue weighted by atomic mass is 35.5. The zero-order chi connectivity index (χ0) is 21.3. The van der Waals surface area contributed by atoms with Gasteiger partial charge >= 0.3 is 0 Å². The molecule has 0 spiro atoms. The molecule has 30 heavy (non-hydrogen) atoms. The summed E-state index contributed by atoms with van der Waals surface area (Å²) in [5.41, 5.74) is 2.12. The van der Waals surface area contributed by atoms with E-state index in [0.717, 1.165) is 5.56 Å². The Balaban J connectivity index is 1.68. The van der Waals surface area contributed by atoms with Crippen molar-refractivity contribution in [2.45, 2.75) is 17.0 Å². The smallest absolute Gasteiger partial charge is 0.262 e. The van der Waals surface area contributed by atoms with Crippen LogP contribution in [0.1, 0.15) is 17.0 Å². The number of imidazole rings is 1. The first kappa shape index (κ1) is 20.4. The van der Waals surface area contributed by atoms with Crippen LogP contribution in [-0.4, -0.2) is 41.4 Å². The topological polar surface area (TPSA) is 91.0 Å². The van der Waals surface area contributed by atoms with Crippen LogP contribution in [-0.2, 0) is 17.1 Å². The second-order valence-corrected chi connectivity index (χ2v) is 9.57. The summed E-state index contributed by atoms with van der Waals surface area (Å²) in [6.45, 7) is 0.571. The molecule has 1 fully saturated rings. The van der Waals surface area contributed by atoms with Crippen molar-refractivity contribution in [3.63, 3.8) is 0 Å². The van der Waals surface area contributed by atoms with Crippen LogP contribution in [0.5, 0.6) is 0 Å². The highest BCUT2D eigenvalue weighted by molar-refractivity contribution is 7.89. The first-order chi connectivity index (χ1) is 14.4. The van der Waals surface area contributed by atoms with Crippen molar-refractivity contribution in [3.8, 4) is 6.07 Å². The third-order valence-corrected chi connectivity index (χ3v) is 7.28. The Morgan fingerprint density at radius 1 is 1.20 bits per heavy atom. The number of nitrogens with zero attached hydrogens (tertiary/aromatic N) is 4. The minimum absolute atomic E-state index is 0.0296. The molecule has 1 aromatic heterocycles. The number of nitriles is 1. The lowest BCUT2D eigenvalue weighted by atomic mass is 9.94. The van der Waals surface area contributed by atoms with Gasteiger partial charge in [-0.25, -0.2) is 13.4 Å². The van der Waals surface area contributed by atoms with Crippen molar-refractivity contribution in [1.82, 2.24) is 13.9 Å². The first-order valence-electron chi connectivity index (χ1n) is 9.38. The van der Waals surface area contributed by atoms with Crippen molar-refractivity contribution in [1.29, 1.82) is 5.26 Å². The molecule has 2 heterocycles. The SMILES string of the molecule is Cn1cnc(S(=O)(=O)N2CC(Nc3cc(C#N)ccc3Cl)C(c3ccccc3)C2)c1. The quantitative estimate of drug-likeness (QED) is 0.656. The molecule has 1 aliphatic heterocycles. The summed E-state index contributed by atoms with van der Waals surface area (Å²) in [7, 11) is -2.00. The fourth-order valence-electron chi connectivity index (χ4n) is 3.71. The Bertz CT molecular complexity index is 1200. The van der Waals surface area contributed by atoms with E-state index in [-0.39, 0.29) is 23.5 Å². The van der Waals surface area contributed by atoms with Crippen molar-refractivity contribution in [2.75, 3.05) is 18.4 Å². The van der Waals surface area contributed by atoms with Crippen LogP contribution in [0.15, 0.2) is 66.1 Å². The van der Waals surface area contributed by atoms with Crippen molar-refractivity contribution >= 4 is 27.3 Å². The number of aryl methyl sites for hydroxylation is 1. The highest BCUT2D eigenvalue weighted by Crippen LogP contribution is 2.34. The molecular formula is C21H20ClN5O2S. The van der Waals surface area contributed by atoms with E-state index in [9.17, 15) is 13.7 Å². The highest BCUT2D eigenvalue weighted by Gasteiger charge is 2.41. The van der Waals surface area contributed by atoms with E-state index in [2.05, 4.69) is 16.4 Å². The molecule has 1 N–H and O–H groups in total. The molecule has 7 nitrogen and oxygen atoms in total. The van der Waals surface area contributed by atoms with E-state index in [1.165, 1.54) is 16.8 Å². The normalized spacial score (nSPS) is 19.5. The molecule has 4 rings (SSSR count). The second-order valence-electron chi connectivity index (χ2n) is 7.27. The number of rotatable bonds is 5. The standard InChI is InChI=1S/C21H20ClN5O2S/c1-26-13-21(24-14-26)30(28,29)27-11-17(16-5-3-2-4-6-16)20(12-27)25-19-9-15(10-23)7-8-18(19)22/h2-9,13-14,17,20,25H,11-12H2,1H3. The lowest BCUT2D eigenvalue weighted by molar-refractivity contribution is 0.468. The van der Waals surface area contributed by atoms with Crippen molar-refractivity contribution < 1.29 is 8.42 Å². The molecule has 154 valence electrons. The molecule has 9 heteroatoms. The van der Waals surface area contributed by atoms with Crippen LogP contribution in [0.3, 0.4) is 0 Å². The van der Waals surface area contributed by atoms with Gasteiger partial charge < -0.3 is 9.88 Å². The summed E-state index contributed by atoms with van der Waals surface area (Å²) in [6.07, 6.45) is 2.97. The van der Waals surface area contributed by atoms with Crippen LogP contribution < -0.4 is 5.32 Å². The lowest BCUT2D eigenvalue weighted by Gasteiger charge is -2.22. The van der Waals surface area contributed by atoms with Crippen LogP contribution in [0, 0.1) is 11.3 Å². The minimum atomic E-state index is -3.73. The molecule has 0 aliphatic carbocycles. The third kappa shape index (κ3) is 3.92. The molecule has 2 aromatic carbocycles. The fraction of sp³-hybridized carbons (Fsp3) is 0.238. The fourth-order valence-corrected chi connectivity index (χ4v) is 5.34. The number of halogens is 1. The van der Waals surface area contributed by atoms with Crippen LogP contribution >= 0.6 is 11.6 Å².